The van der Waals surface area contributed by atoms with Crippen molar-refractivity contribution in [3.63, 3.8) is 0 Å². The van der Waals surface area contributed by atoms with Gasteiger partial charge in [-0.3, -0.25) is 0 Å². The minimum Gasteiger partial charge on any atom is -0.508 e. The molecule has 2 aliphatic rings. The van der Waals surface area contributed by atoms with E-state index in [0.29, 0.717) is 11.7 Å². The summed E-state index contributed by atoms with van der Waals surface area (Å²) in [6, 6.07) is 5.49. The highest BCUT2D eigenvalue weighted by Crippen LogP contribution is 2.53. The molecule has 0 bridgehead atoms. The zero-order valence-electron chi connectivity index (χ0n) is 9.86. The predicted octanol–water partition coefficient (Wildman–Crippen LogP) is 3.45. The Hall–Kier alpha value is -1.18. The van der Waals surface area contributed by atoms with Gasteiger partial charge >= 0.3 is 0 Å². The molecule has 1 N–H and O–H groups in total. The number of hydrogen-bond donors (Lipinski definition) is 1. The van der Waals surface area contributed by atoms with Crippen LogP contribution < -0.4 is 4.74 Å². The molecular weight excluding hydrogens is 200 g/mol. The average molecular weight is 218 g/mol. The third-order valence-corrected chi connectivity index (χ3v) is 4.22. The first-order chi connectivity index (χ1) is 7.58. The van der Waals surface area contributed by atoms with Crippen LogP contribution in [0.1, 0.15) is 44.6 Å². The second-order valence-corrected chi connectivity index (χ2v) is 5.57. The van der Waals surface area contributed by atoms with Crippen LogP contribution in [-0.4, -0.2) is 10.7 Å². The molecule has 2 nitrogen and oxygen atoms in total. The topological polar surface area (TPSA) is 29.5 Å². The molecule has 1 heterocycles. The summed E-state index contributed by atoms with van der Waals surface area (Å²) in [6.07, 6.45) is 3.54. The van der Waals surface area contributed by atoms with Crippen molar-refractivity contribution in [2.24, 2.45) is 5.92 Å². The number of phenols is 1. The van der Waals surface area contributed by atoms with Gasteiger partial charge in [0.1, 0.15) is 17.1 Å². The van der Waals surface area contributed by atoms with Gasteiger partial charge in [-0.1, -0.05) is 6.92 Å². The monoisotopic (exact) mass is 218 g/mol. The van der Waals surface area contributed by atoms with Gasteiger partial charge in [-0.2, -0.15) is 0 Å². The van der Waals surface area contributed by atoms with Gasteiger partial charge in [-0.25, -0.2) is 0 Å². The van der Waals surface area contributed by atoms with E-state index >= 15 is 0 Å². The van der Waals surface area contributed by atoms with Crippen molar-refractivity contribution in [2.45, 2.75) is 44.6 Å². The number of ether oxygens (including phenoxy) is 1. The Bertz CT molecular complexity index is 427. The van der Waals surface area contributed by atoms with E-state index in [0.717, 1.165) is 18.1 Å². The number of benzene rings is 1. The van der Waals surface area contributed by atoms with E-state index < -0.39 is 0 Å². The number of fused-ring (bicyclic) bond motifs is 3. The summed E-state index contributed by atoms with van der Waals surface area (Å²) in [4.78, 5) is 0. The fourth-order valence-corrected chi connectivity index (χ4v) is 3.21. The first-order valence-corrected chi connectivity index (χ1v) is 6.10. The van der Waals surface area contributed by atoms with Crippen LogP contribution in [0.25, 0.3) is 0 Å². The van der Waals surface area contributed by atoms with Crippen LogP contribution in [0.15, 0.2) is 18.2 Å². The summed E-state index contributed by atoms with van der Waals surface area (Å²) < 4.78 is 6.09. The summed E-state index contributed by atoms with van der Waals surface area (Å²) in [6.45, 7) is 4.51. The van der Waals surface area contributed by atoms with E-state index in [1.54, 1.807) is 6.07 Å². The number of phenolic OH excluding ortho intramolecular Hbond substituents is 1. The molecule has 1 aliphatic carbocycles. The van der Waals surface area contributed by atoms with Crippen molar-refractivity contribution >= 4 is 0 Å². The highest BCUT2D eigenvalue weighted by atomic mass is 16.5. The van der Waals surface area contributed by atoms with Crippen molar-refractivity contribution < 1.29 is 9.84 Å². The smallest absolute Gasteiger partial charge is 0.124 e. The van der Waals surface area contributed by atoms with E-state index in [1.807, 2.05) is 12.1 Å². The Morgan fingerprint density at radius 1 is 1.44 bits per heavy atom. The summed E-state index contributed by atoms with van der Waals surface area (Å²) in [5.74, 6) is 2.54. The van der Waals surface area contributed by atoms with Gasteiger partial charge in [0.15, 0.2) is 0 Å². The van der Waals surface area contributed by atoms with Crippen molar-refractivity contribution in [3.05, 3.63) is 23.8 Å². The lowest BCUT2D eigenvalue weighted by Crippen LogP contribution is -2.39. The molecule has 3 unspecified atom stereocenters. The van der Waals surface area contributed by atoms with Gasteiger partial charge in [0.05, 0.1) is 0 Å². The normalized spacial score (nSPS) is 36.4. The molecule has 86 valence electrons. The molecule has 0 amide bonds. The van der Waals surface area contributed by atoms with E-state index in [1.165, 1.54) is 18.4 Å². The van der Waals surface area contributed by atoms with Crippen molar-refractivity contribution in [1.29, 1.82) is 0 Å². The zero-order valence-corrected chi connectivity index (χ0v) is 9.86. The van der Waals surface area contributed by atoms with Crippen LogP contribution in [0, 0.1) is 5.92 Å². The third kappa shape index (κ3) is 1.32. The van der Waals surface area contributed by atoms with Gasteiger partial charge in [-0.05, 0) is 50.3 Å². The zero-order chi connectivity index (χ0) is 11.3. The molecule has 2 heteroatoms. The molecular formula is C14H18O2. The maximum atomic E-state index is 9.58. The molecule has 1 aromatic rings. The molecule has 1 aliphatic heterocycles. The number of hydrogen-bond acceptors (Lipinski definition) is 2. The Labute approximate surface area is 96.2 Å². The molecule has 16 heavy (non-hydrogen) atoms. The van der Waals surface area contributed by atoms with Crippen LogP contribution >= 0.6 is 0 Å². The minimum absolute atomic E-state index is 0.0391. The molecule has 0 radical (unpaired) electrons. The third-order valence-electron chi connectivity index (χ3n) is 4.22. The second kappa shape index (κ2) is 3.16. The lowest BCUT2D eigenvalue weighted by Gasteiger charge is -2.37. The Kier molecular flexibility index (Phi) is 1.97. The maximum absolute atomic E-state index is 9.58. The van der Waals surface area contributed by atoms with Crippen LogP contribution in [-0.2, 0) is 0 Å². The van der Waals surface area contributed by atoms with E-state index in [4.69, 9.17) is 4.74 Å². The molecule has 1 aromatic carbocycles. The van der Waals surface area contributed by atoms with E-state index in [-0.39, 0.29) is 5.60 Å². The summed E-state index contributed by atoms with van der Waals surface area (Å²) in [7, 11) is 0. The fraction of sp³-hybridized carbons (Fsp3) is 0.571. The Balaban J connectivity index is 2.05. The average Bonchev–Trinajstić information content (AvgIpc) is 2.52. The first kappa shape index (κ1) is 10.0. The standard InChI is InChI=1S/C14H18O2/c1-9-5-6-14(2)12(7-9)11-8-10(15)3-4-13(11)16-14/h3-4,8-9,12,15H,5-7H2,1-2H3. The second-order valence-electron chi connectivity index (χ2n) is 5.57. The minimum atomic E-state index is -0.0391. The first-order valence-electron chi connectivity index (χ1n) is 6.10. The Morgan fingerprint density at radius 2 is 2.25 bits per heavy atom. The lowest BCUT2D eigenvalue weighted by molar-refractivity contribution is 0.0400. The van der Waals surface area contributed by atoms with E-state index in [9.17, 15) is 5.11 Å². The fourth-order valence-electron chi connectivity index (χ4n) is 3.21. The summed E-state index contributed by atoms with van der Waals surface area (Å²) in [5, 5.41) is 9.58. The summed E-state index contributed by atoms with van der Waals surface area (Å²) in [5.41, 5.74) is 1.16. The quantitative estimate of drug-likeness (QED) is 0.722. The number of rotatable bonds is 0. The molecule has 3 atom stereocenters. The number of aromatic hydroxyl groups is 1. The highest BCUT2D eigenvalue weighted by molar-refractivity contribution is 5.47. The SMILES string of the molecule is CC1CCC2(C)Oc3ccc(O)cc3C2C1. The van der Waals surface area contributed by atoms with Gasteiger partial charge in [0, 0.05) is 11.5 Å². The lowest BCUT2D eigenvalue weighted by atomic mass is 9.71. The molecule has 1 fully saturated rings. The highest BCUT2D eigenvalue weighted by Gasteiger charge is 2.47. The van der Waals surface area contributed by atoms with Crippen molar-refractivity contribution in [1.82, 2.24) is 0 Å². The van der Waals surface area contributed by atoms with Gasteiger partial charge in [0.25, 0.3) is 0 Å². The molecule has 0 saturated heterocycles. The van der Waals surface area contributed by atoms with E-state index in [2.05, 4.69) is 13.8 Å². The van der Waals surface area contributed by atoms with Crippen molar-refractivity contribution in [2.75, 3.05) is 0 Å². The predicted molar refractivity (Wildman–Crippen MR) is 62.9 cm³/mol. The van der Waals surface area contributed by atoms with Gasteiger partial charge < -0.3 is 9.84 Å². The van der Waals surface area contributed by atoms with Crippen LogP contribution in [0.5, 0.6) is 11.5 Å². The van der Waals surface area contributed by atoms with Crippen LogP contribution in [0.3, 0.4) is 0 Å². The van der Waals surface area contributed by atoms with Crippen molar-refractivity contribution in [3.8, 4) is 11.5 Å². The van der Waals surface area contributed by atoms with Gasteiger partial charge in [0.2, 0.25) is 0 Å². The molecule has 1 saturated carbocycles. The molecule has 0 spiro atoms. The summed E-state index contributed by atoms with van der Waals surface area (Å²) >= 11 is 0. The van der Waals surface area contributed by atoms with Crippen LogP contribution in [0.2, 0.25) is 0 Å². The molecule has 3 rings (SSSR count). The molecule has 0 aromatic heterocycles. The van der Waals surface area contributed by atoms with Gasteiger partial charge in [-0.15, -0.1) is 0 Å². The Morgan fingerprint density at radius 3 is 3.06 bits per heavy atom. The van der Waals surface area contributed by atoms with Crippen LogP contribution in [0.4, 0.5) is 0 Å². The largest absolute Gasteiger partial charge is 0.508 e. The maximum Gasteiger partial charge on any atom is 0.124 e.